The van der Waals surface area contributed by atoms with Crippen LogP contribution in [0.25, 0.3) is 0 Å². The van der Waals surface area contributed by atoms with E-state index in [1.807, 2.05) is 55.5 Å². The highest BCUT2D eigenvalue weighted by molar-refractivity contribution is 8.00. The molecule has 0 aliphatic carbocycles. The van der Waals surface area contributed by atoms with Crippen molar-refractivity contribution >= 4 is 52.4 Å². The molecule has 0 aromatic heterocycles. The van der Waals surface area contributed by atoms with Gasteiger partial charge in [0.25, 0.3) is 0 Å². The van der Waals surface area contributed by atoms with E-state index < -0.39 is 0 Å². The average Bonchev–Trinajstić information content (AvgIpc) is 2.71. The van der Waals surface area contributed by atoms with Crippen LogP contribution in [0.3, 0.4) is 0 Å². The van der Waals surface area contributed by atoms with Gasteiger partial charge in [-0.1, -0.05) is 35.9 Å². The summed E-state index contributed by atoms with van der Waals surface area (Å²) in [6.45, 7) is 1.87. The van der Waals surface area contributed by atoms with Gasteiger partial charge in [0.15, 0.2) is 0 Å². The summed E-state index contributed by atoms with van der Waals surface area (Å²) >= 11 is 7.49. The zero-order valence-corrected chi connectivity index (χ0v) is 17.3. The molecule has 0 radical (unpaired) electrons. The molecule has 0 aliphatic heterocycles. The molecule has 0 bridgehead atoms. The Balaban J connectivity index is 1.48. The van der Waals surface area contributed by atoms with Gasteiger partial charge in [-0.15, -0.1) is 11.8 Å². The maximum atomic E-state index is 12.2. The van der Waals surface area contributed by atoms with E-state index >= 15 is 0 Å². The average molecular weight is 426 g/mol. The van der Waals surface area contributed by atoms with Gasteiger partial charge >= 0.3 is 6.03 Å². The number of urea groups is 1. The number of para-hydroxylation sites is 1. The Bertz CT molecular complexity index is 995. The molecule has 3 rings (SSSR count). The lowest BCUT2D eigenvalue weighted by Crippen LogP contribution is -2.19. The number of rotatable bonds is 6. The first kappa shape index (κ1) is 20.8. The highest BCUT2D eigenvalue weighted by Gasteiger charge is 2.08. The van der Waals surface area contributed by atoms with E-state index in [1.54, 1.807) is 24.3 Å². The van der Waals surface area contributed by atoms with E-state index in [4.69, 9.17) is 11.6 Å². The molecular formula is C22H20ClN3O2S. The maximum absolute atomic E-state index is 12.2. The van der Waals surface area contributed by atoms with Crippen molar-refractivity contribution in [2.75, 3.05) is 21.7 Å². The van der Waals surface area contributed by atoms with Gasteiger partial charge < -0.3 is 16.0 Å². The second kappa shape index (κ2) is 10.0. The normalized spacial score (nSPS) is 10.3. The molecule has 0 atom stereocenters. The molecule has 7 heteroatoms. The third-order valence-corrected chi connectivity index (χ3v) is 5.48. The smallest absolute Gasteiger partial charge is 0.323 e. The molecular weight excluding hydrogens is 406 g/mol. The molecule has 3 amide bonds. The molecule has 0 spiro atoms. The predicted molar refractivity (Wildman–Crippen MR) is 121 cm³/mol. The molecule has 0 unspecified atom stereocenters. The Morgan fingerprint density at radius 2 is 1.48 bits per heavy atom. The Morgan fingerprint density at radius 3 is 2.17 bits per heavy atom. The summed E-state index contributed by atoms with van der Waals surface area (Å²) in [5.41, 5.74) is 2.95. The van der Waals surface area contributed by atoms with Crippen LogP contribution >= 0.6 is 23.4 Å². The molecule has 3 N–H and O–H groups in total. The van der Waals surface area contributed by atoms with Crippen molar-refractivity contribution in [3.63, 3.8) is 0 Å². The van der Waals surface area contributed by atoms with Crippen molar-refractivity contribution in [1.82, 2.24) is 0 Å². The fourth-order valence-corrected chi connectivity index (χ4v) is 3.40. The van der Waals surface area contributed by atoms with Gasteiger partial charge in [0.1, 0.15) is 0 Å². The van der Waals surface area contributed by atoms with E-state index in [0.29, 0.717) is 16.4 Å². The van der Waals surface area contributed by atoms with Crippen LogP contribution in [0.15, 0.2) is 77.7 Å². The summed E-state index contributed by atoms with van der Waals surface area (Å²) in [5, 5.41) is 9.03. The summed E-state index contributed by atoms with van der Waals surface area (Å²) < 4.78 is 0. The van der Waals surface area contributed by atoms with Crippen LogP contribution in [0.2, 0.25) is 5.02 Å². The topological polar surface area (TPSA) is 70.2 Å². The first-order valence-electron chi connectivity index (χ1n) is 8.92. The summed E-state index contributed by atoms with van der Waals surface area (Å²) in [6.07, 6.45) is 0. The Morgan fingerprint density at radius 1 is 0.828 bits per heavy atom. The quantitative estimate of drug-likeness (QED) is 0.422. The van der Waals surface area contributed by atoms with E-state index in [-0.39, 0.29) is 17.7 Å². The van der Waals surface area contributed by atoms with Gasteiger partial charge in [-0.3, -0.25) is 4.79 Å². The summed E-state index contributed by atoms with van der Waals surface area (Å²) in [5.74, 6) is 0.164. The first-order chi connectivity index (χ1) is 14.0. The number of carbonyl (C=O) groups is 2. The first-order valence-corrected chi connectivity index (χ1v) is 10.3. The number of anilines is 3. The van der Waals surface area contributed by atoms with Crippen LogP contribution in [0, 0.1) is 6.92 Å². The maximum Gasteiger partial charge on any atom is 0.323 e. The highest BCUT2D eigenvalue weighted by Crippen LogP contribution is 2.24. The number of hydrogen-bond donors (Lipinski definition) is 3. The third kappa shape index (κ3) is 6.27. The largest absolute Gasteiger partial charge is 0.325 e. The monoisotopic (exact) mass is 425 g/mol. The van der Waals surface area contributed by atoms with Gasteiger partial charge in [0.05, 0.1) is 5.75 Å². The molecule has 0 saturated carbocycles. The number of halogens is 1. The molecule has 29 heavy (non-hydrogen) atoms. The third-order valence-electron chi connectivity index (χ3n) is 4.06. The van der Waals surface area contributed by atoms with Crippen LogP contribution in [-0.4, -0.2) is 17.7 Å². The number of hydrogen-bond acceptors (Lipinski definition) is 3. The summed E-state index contributed by atoms with van der Waals surface area (Å²) in [7, 11) is 0. The number of thioether (sulfide) groups is 1. The fourth-order valence-electron chi connectivity index (χ4n) is 2.53. The second-order valence-corrected chi connectivity index (χ2v) is 7.67. The number of nitrogens with one attached hydrogen (secondary N) is 3. The van der Waals surface area contributed by atoms with Crippen LogP contribution in [-0.2, 0) is 4.79 Å². The van der Waals surface area contributed by atoms with E-state index in [9.17, 15) is 9.59 Å². The highest BCUT2D eigenvalue weighted by atomic mass is 35.5. The lowest BCUT2D eigenvalue weighted by atomic mass is 10.2. The molecule has 0 saturated heterocycles. The standard InChI is InChI=1S/C22H20ClN3O2S/c1-15-19(23)8-5-9-20(15)26-21(27)14-29-18-12-10-17(11-13-18)25-22(28)24-16-6-3-2-4-7-16/h2-13H,14H2,1H3,(H,26,27)(H2,24,25,28). The van der Waals surface area contributed by atoms with Gasteiger partial charge in [-0.05, 0) is 61.0 Å². The van der Waals surface area contributed by atoms with Gasteiger partial charge in [0.2, 0.25) is 5.91 Å². The van der Waals surface area contributed by atoms with Crippen molar-refractivity contribution in [1.29, 1.82) is 0 Å². The molecule has 0 heterocycles. The van der Waals surface area contributed by atoms with E-state index in [2.05, 4.69) is 16.0 Å². The van der Waals surface area contributed by atoms with E-state index in [0.717, 1.165) is 16.1 Å². The Hall–Kier alpha value is -2.96. The number of amides is 3. The number of carbonyl (C=O) groups excluding carboxylic acids is 2. The predicted octanol–water partition coefficient (Wildman–Crippen LogP) is 6.02. The van der Waals surface area contributed by atoms with Crippen molar-refractivity contribution in [2.45, 2.75) is 11.8 Å². The molecule has 3 aromatic rings. The van der Waals surface area contributed by atoms with Gasteiger partial charge in [-0.2, -0.15) is 0 Å². The molecule has 5 nitrogen and oxygen atoms in total. The lowest BCUT2D eigenvalue weighted by molar-refractivity contribution is -0.113. The van der Waals surface area contributed by atoms with Crippen LogP contribution in [0.4, 0.5) is 21.9 Å². The van der Waals surface area contributed by atoms with Crippen LogP contribution in [0.1, 0.15) is 5.56 Å². The van der Waals surface area contributed by atoms with Crippen LogP contribution < -0.4 is 16.0 Å². The van der Waals surface area contributed by atoms with Gasteiger partial charge in [-0.25, -0.2) is 4.79 Å². The molecule has 0 aliphatic rings. The van der Waals surface area contributed by atoms with Crippen molar-refractivity contribution in [2.24, 2.45) is 0 Å². The summed E-state index contributed by atoms with van der Waals surface area (Å²) in [6, 6.07) is 21.6. The second-order valence-electron chi connectivity index (χ2n) is 6.22. The van der Waals surface area contributed by atoms with E-state index in [1.165, 1.54) is 11.8 Å². The minimum absolute atomic E-state index is 0.107. The SMILES string of the molecule is Cc1c(Cl)cccc1NC(=O)CSc1ccc(NC(=O)Nc2ccccc2)cc1. The molecule has 0 fully saturated rings. The Kier molecular flexibility index (Phi) is 7.16. The minimum atomic E-state index is -0.312. The minimum Gasteiger partial charge on any atom is -0.325 e. The molecule has 148 valence electrons. The lowest BCUT2D eigenvalue weighted by Gasteiger charge is -2.10. The van der Waals surface area contributed by atoms with Crippen molar-refractivity contribution < 1.29 is 9.59 Å². The molecule has 3 aromatic carbocycles. The summed E-state index contributed by atoms with van der Waals surface area (Å²) in [4.78, 5) is 25.1. The van der Waals surface area contributed by atoms with Crippen molar-refractivity contribution in [3.05, 3.63) is 83.4 Å². The zero-order valence-electron chi connectivity index (χ0n) is 15.7. The number of benzene rings is 3. The van der Waals surface area contributed by atoms with Crippen molar-refractivity contribution in [3.8, 4) is 0 Å². The zero-order chi connectivity index (χ0) is 20.6. The van der Waals surface area contributed by atoms with Crippen LogP contribution in [0.5, 0.6) is 0 Å². The van der Waals surface area contributed by atoms with Gasteiger partial charge in [0, 0.05) is 27.0 Å². The Labute approximate surface area is 178 Å². The fraction of sp³-hybridized carbons (Fsp3) is 0.0909.